The molecule has 0 bridgehead atoms. The van der Waals surface area contributed by atoms with Crippen LogP contribution in [0.1, 0.15) is 11.1 Å². The number of halogens is 6. The van der Waals surface area contributed by atoms with E-state index in [4.69, 9.17) is 10.2 Å². The minimum Gasteiger partial charge on any atom is -0.463 e. The number of aliphatic hydroxyl groups is 2. The van der Waals surface area contributed by atoms with Crippen molar-refractivity contribution in [3.05, 3.63) is 35.4 Å². The van der Waals surface area contributed by atoms with Crippen LogP contribution >= 0.6 is 0 Å². The van der Waals surface area contributed by atoms with Gasteiger partial charge in [-0.3, -0.25) is 0 Å². The summed E-state index contributed by atoms with van der Waals surface area (Å²) >= 11 is 0. The van der Waals surface area contributed by atoms with Gasteiger partial charge in [-0.25, -0.2) is 9.59 Å². The molecule has 0 spiro atoms. The Kier molecular flexibility index (Phi) is 8.24. The molecule has 12 heteroatoms. The average Bonchev–Trinajstić information content (AvgIpc) is 2.59. The van der Waals surface area contributed by atoms with Crippen molar-refractivity contribution in [3.63, 3.8) is 0 Å². The van der Waals surface area contributed by atoms with Crippen LogP contribution in [0, 0.1) is 0 Å². The molecule has 0 amide bonds. The number of hydrogen-bond acceptors (Lipinski definition) is 6. The van der Waals surface area contributed by atoms with Crippen LogP contribution in [0.15, 0.2) is 24.3 Å². The Balaban J connectivity index is 2.38. The lowest BCUT2D eigenvalue weighted by Gasteiger charge is -2.14. The Morgan fingerprint density at radius 1 is 0.750 bits per heavy atom. The zero-order valence-electron chi connectivity index (χ0n) is 14.1. The normalized spacial score (nSPS) is 14.3. The van der Waals surface area contributed by atoms with Crippen LogP contribution in [-0.2, 0) is 31.9 Å². The first-order valence-electron chi connectivity index (χ1n) is 7.73. The summed E-state index contributed by atoms with van der Waals surface area (Å²) in [5.41, 5.74) is 1.14. The Hall–Kier alpha value is -2.34. The van der Waals surface area contributed by atoms with E-state index in [1.165, 1.54) is 24.3 Å². The highest BCUT2D eigenvalue weighted by Gasteiger charge is 2.45. The van der Waals surface area contributed by atoms with Crippen LogP contribution in [0.25, 0.3) is 0 Å². The van der Waals surface area contributed by atoms with Crippen molar-refractivity contribution < 1.29 is 55.6 Å². The molecule has 0 fully saturated rings. The van der Waals surface area contributed by atoms with Gasteiger partial charge in [0.15, 0.2) is 0 Å². The standard InChI is InChI=1S/C16H16F6O6/c17-15(18,19)11(23)13(25)27-7-5-9-1-2-10(4-3-9)6-8-28-14(26)12(24)16(20,21)22/h1-4,11-12,23-24H,5-8H2/t11-,12-/m0/s1. The first-order chi connectivity index (χ1) is 12.8. The second-order valence-corrected chi connectivity index (χ2v) is 5.54. The van der Waals surface area contributed by atoms with Gasteiger partial charge < -0.3 is 19.7 Å². The van der Waals surface area contributed by atoms with Gasteiger partial charge in [-0.1, -0.05) is 24.3 Å². The van der Waals surface area contributed by atoms with Crippen molar-refractivity contribution in [1.29, 1.82) is 0 Å². The zero-order valence-corrected chi connectivity index (χ0v) is 14.1. The fourth-order valence-corrected chi connectivity index (χ4v) is 1.84. The van der Waals surface area contributed by atoms with Gasteiger partial charge in [-0.05, 0) is 11.1 Å². The summed E-state index contributed by atoms with van der Waals surface area (Å²) in [7, 11) is 0. The Labute approximate surface area is 154 Å². The van der Waals surface area contributed by atoms with E-state index in [1.54, 1.807) is 0 Å². The lowest BCUT2D eigenvalue weighted by Crippen LogP contribution is -2.38. The van der Waals surface area contributed by atoms with Gasteiger partial charge in [0, 0.05) is 12.8 Å². The van der Waals surface area contributed by atoms with Crippen LogP contribution in [0.2, 0.25) is 0 Å². The predicted octanol–water partition coefficient (Wildman–Crippen LogP) is 1.70. The summed E-state index contributed by atoms with van der Waals surface area (Å²) in [4.78, 5) is 22.0. The van der Waals surface area contributed by atoms with Crippen molar-refractivity contribution in [2.75, 3.05) is 13.2 Å². The average molecular weight is 418 g/mol. The van der Waals surface area contributed by atoms with Gasteiger partial charge in [0.25, 0.3) is 0 Å². The van der Waals surface area contributed by atoms with Crippen molar-refractivity contribution >= 4 is 11.9 Å². The van der Waals surface area contributed by atoms with Crippen LogP contribution in [-0.4, -0.2) is 59.9 Å². The summed E-state index contributed by atoms with van der Waals surface area (Å²) in [6.45, 7) is -0.809. The fourth-order valence-electron chi connectivity index (χ4n) is 1.84. The minimum atomic E-state index is -5.11. The van der Waals surface area contributed by atoms with E-state index in [-0.39, 0.29) is 12.8 Å². The molecule has 1 aromatic rings. The van der Waals surface area contributed by atoms with Gasteiger partial charge in [-0.15, -0.1) is 0 Å². The smallest absolute Gasteiger partial charge is 0.425 e. The monoisotopic (exact) mass is 418 g/mol. The van der Waals surface area contributed by atoms with E-state index < -0.39 is 49.7 Å². The van der Waals surface area contributed by atoms with E-state index in [9.17, 15) is 35.9 Å². The second-order valence-electron chi connectivity index (χ2n) is 5.54. The highest BCUT2D eigenvalue weighted by atomic mass is 19.4. The number of benzene rings is 1. The van der Waals surface area contributed by atoms with Crippen molar-refractivity contribution in [3.8, 4) is 0 Å². The Morgan fingerprint density at radius 3 is 1.29 bits per heavy atom. The van der Waals surface area contributed by atoms with E-state index >= 15 is 0 Å². The maximum absolute atomic E-state index is 12.1. The Morgan fingerprint density at radius 2 is 1.04 bits per heavy atom. The van der Waals surface area contributed by atoms with E-state index in [1.807, 2.05) is 0 Å². The van der Waals surface area contributed by atoms with Gasteiger partial charge in [0.2, 0.25) is 12.2 Å². The highest BCUT2D eigenvalue weighted by molar-refractivity contribution is 5.75. The van der Waals surface area contributed by atoms with Gasteiger partial charge >= 0.3 is 24.3 Å². The highest BCUT2D eigenvalue weighted by Crippen LogP contribution is 2.21. The summed E-state index contributed by atoms with van der Waals surface area (Å²) in [5, 5.41) is 17.3. The van der Waals surface area contributed by atoms with Crippen LogP contribution in [0.5, 0.6) is 0 Å². The molecule has 2 atom stereocenters. The molecule has 158 valence electrons. The molecule has 6 nitrogen and oxygen atoms in total. The third kappa shape index (κ3) is 7.72. The molecule has 0 saturated carbocycles. The first-order valence-corrected chi connectivity index (χ1v) is 7.73. The molecule has 0 aromatic heterocycles. The molecule has 1 aromatic carbocycles. The number of rotatable bonds is 8. The molecule has 0 aliphatic carbocycles. The van der Waals surface area contributed by atoms with Crippen molar-refractivity contribution in [2.24, 2.45) is 0 Å². The predicted molar refractivity (Wildman–Crippen MR) is 79.9 cm³/mol. The number of alkyl halides is 6. The second kappa shape index (κ2) is 9.73. The molecule has 0 unspecified atom stereocenters. The molecule has 0 heterocycles. The third-order valence-electron chi connectivity index (χ3n) is 3.36. The zero-order chi connectivity index (χ0) is 21.5. The molecular formula is C16H16F6O6. The van der Waals surface area contributed by atoms with Crippen LogP contribution < -0.4 is 0 Å². The number of hydrogen-bond donors (Lipinski definition) is 2. The van der Waals surface area contributed by atoms with Gasteiger partial charge in [-0.2, -0.15) is 26.3 Å². The molecular weight excluding hydrogens is 402 g/mol. The van der Waals surface area contributed by atoms with E-state index in [0.717, 1.165) is 0 Å². The van der Waals surface area contributed by atoms with Gasteiger partial charge in [0.05, 0.1) is 13.2 Å². The third-order valence-corrected chi connectivity index (χ3v) is 3.36. The van der Waals surface area contributed by atoms with Crippen molar-refractivity contribution in [1.82, 2.24) is 0 Å². The summed E-state index contributed by atoms with van der Waals surface area (Å²) in [5.74, 6) is -3.63. The van der Waals surface area contributed by atoms with Gasteiger partial charge in [0.1, 0.15) is 0 Å². The quantitative estimate of drug-likeness (QED) is 0.493. The molecule has 1 rings (SSSR count). The summed E-state index contributed by atoms with van der Waals surface area (Å²) in [6, 6.07) is 6.09. The molecule has 0 aliphatic rings. The lowest BCUT2D eigenvalue weighted by atomic mass is 10.1. The first kappa shape index (κ1) is 23.7. The van der Waals surface area contributed by atoms with E-state index in [2.05, 4.69) is 9.47 Å². The Bertz CT molecular complexity index is 598. The molecule has 0 aliphatic heterocycles. The lowest BCUT2D eigenvalue weighted by molar-refractivity contribution is -0.218. The van der Waals surface area contributed by atoms with Crippen molar-refractivity contribution in [2.45, 2.75) is 37.4 Å². The number of esters is 2. The van der Waals surface area contributed by atoms with E-state index in [0.29, 0.717) is 11.1 Å². The summed E-state index contributed by atoms with van der Waals surface area (Å²) in [6.07, 6.45) is -16.5. The maximum Gasteiger partial charge on any atom is 0.425 e. The largest absolute Gasteiger partial charge is 0.463 e. The molecule has 0 saturated heterocycles. The minimum absolute atomic E-state index is 0.0589. The molecule has 0 radical (unpaired) electrons. The number of carbonyl (C=O) groups excluding carboxylic acids is 2. The molecule has 2 N–H and O–H groups in total. The molecule has 28 heavy (non-hydrogen) atoms. The topological polar surface area (TPSA) is 93.1 Å². The summed E-state index contributed by atoms with van der Waals surface area (Å²) < 4.78 is 81.2. The van der Waals surface area contributed by atoms with Crippen LogP contribution in [0.4, 0.5) is 26.3 Å². The maximum atomic E-state index is 12.1. The SMILES string of the molecule is O=C(OCCc1ccc(CCOC(=O)[C@H](O)C(F)(F)F)cc1)[C@H](O)C(F)(F)F. The fraction of sp³-hybridized carbons (Fsp3) is 0.500. The van der Waals surface area contributed by atoms with Crippen LogP contribution in [0.3, 0.4) is 0 Å². The number of ether oxygens (including phenoxy) is 2. The number of aliphatic hydroxyl groups excluding tert-OH is 2. The number of carbonyl (C=O) groups is 2.